The van der Waals surface area contributed by atoms with Gasteiger partial charge in [0.1, 0.15) is 6.10 Å². The molecule has 0 aliphatic carbocycles. The minimum atomic E-state index is -0.676. The van der Waals surface area contributed by atoms with E-state index in [1.165, 1.54) is 122 Å². The van der Waals surface area contributed by atoms with Crippen LogP contribution in [0.2, 0.25) is 0 Å². The average Bonchev–Trinajstić information content (AvgIpc) is 3.10. The number of carboxylic acids is 1. The number of aliphatic carboxylic acids is 1. The summed E-state index contributed by atoms with van der Waals surface area (Å²) in [6.07, 6.45) is 55.8. The highest BCUT2D eigenvalue weighted by atomic mass is 16.5. The fraction of sp³-hybridized carbons (Fsp3) is 0.783. The fourth-order valence-electron chi connectivity index (χ4n) is 6.34. The Morgan fingerprint density at radius 1 is 0.440 bits per heavy atom. The molecule has 0 saturated carbocycles. The number of hydrogen-bond acceptors (Lipinski definition) is 3. The Morgan fingerprint density at radius 3 is 1.24 bits per heavy atom. The molecule has 0 bridgehead atoms. The highest BCUT2D eigenvalue weighted by molar-refractivity contribution is 5.69. The monoisotopic (exact) mass is 699 g/mol. The highest BCUT2D eigenvalue weighted by Crippen LogP contribution is 2.19. The van der Waals surface area contributed by atoms with Gasteiger partial charge in [-0.3, -0.25) is 9.59 Å². The van der Waals surface area contributed by atoms with E-state index < -0.39 is 5.97 Å². The van der Waals surface area contributed by atoms with Gasteiger partial charge in [0.15, 0.2) is 0 Å². The van der Waals surface area contributed by atoms with E-state index in [0.717, 1.165) is 77.0 Å². The van der Waals surface area contributed by atoms with Gasteiger partial charge in [-0.15, -0.1) is 0 Å². The molecule has 0 rings (SSSR count). The van der Waals surface area contributed by atoms with Crippen molar-refractivity contribution in [2.45, 2.75) is 232 Å². The van der Waals surface area contributed by atoms with Gasteiger partial charge in [-0.05, 0) is 83.5 Å². The first-order chi connectivity index (χ1) is 24.6. The minimum Gasteiger partial charge on any atom is -0.481 e. The van der Waals surface area contributed by atoms with E-state index in [0.29, 0.717) is 12.8 Å². The van der Waals surface area contributed by atoms with Crippen LogP contribution in [0.5, 0.6) is 0 Å². The number of unbranched alkanes of at least 4 members (excludes halogenated alkanes) is 22. The zero-order valence-corrected chi connectivity index (χ0v) is 33.2. The van der Waals surface area contributed by atoms with Crippen molar-refractivity contribution >= 4 is 11.9 Å². The zero-order chi connectivity index (χ0) is 36.4. The first kappa shape index (κ1) is 47.9. The standard InChI is InChI=1S/C46H82O4/c1-3-5-7-9-11-12-13-14-15-16-17-18-19-20-21-22-23-28-31-35-39-43-46(49)50-44(40-36-32-10-8-6-4-2)41-37-33-29-26-24-25-27-30-34-38-42-45(47)48/h11-12,14-15,17-18,20-21,44H,3-10,13,16,19,22-43H2,1-2H3,(H,47,48)/b12-11-,15-14-,18-17-,21-20-. The molecule has 0 heterocycles. The van der Waals surface area contributed by atoms with E-state index in [-0.39, 0.29) is 12.1 Å². The summed E-state index contributed by atoms with van der Waals surface area (Å²) in [6.45, 7) is 4.51. The predicted octanol–water partition coefficient (Wildman–Crippen LogP) is 15.1. The van der Waals surface area contributed by atoms with E-state index in [2.05, 4.69) is 62.5 Å². The smallest absolute Gasteiger partial charge is 0.306 e. The molecular weight excluding hydrogens is 617 g/mol. The van der Waals surface area contributed by atoms with Crippen LogP contribution < -0.4 is 0 Å². The summed E-state index contributed by atoms with van der Waals surface area (Å²) < 4.78 is 6.03. The van der Waals surface area contributed by atoms with Gasteiger partial charge in [-0.1, -0.05) is 178 Å². The van der Waals surface area contributed by atoms with Gasteiger partial charge in [0, 0.05) is 12.8 Å². The van der Waals surface area contributed by atoms with Crippen molar-refractivity contribution in [3.05, 3.63) is 48.6 Å². The molecule has 0 aliphatic rings. The summed E-state index contributed by atoms with van der Waals surface area (Å²) in [4.78, 5) is 23.3. The number of carbonyl (C=O) groups is 2. The summed E-state index contributed by atoms with van der Waals surface area (Å²) in [5.41, 5.74) is 0. The molecule has 0 aromatic rings. The largest absolute Gasteiger partial charge is 0.481 e. The van der Waals surface area contributed by atoms with Crippen molar-refractivity contribution in [3.8, 4) is 0 Å². The van der Waals surface area contributed by atoms with E-state index in [9.17, 15) is 9.59 Å². The number of carbonyl (C=O) groups excluding carboxylic acids is 1. The maximum Gasteiger partial charge on any atom is 0.306 e. The van der Waals surface area contributed by atoms with Crippen molar-refractivity contribution < 1.29 is 19.4 Å². The van der Waals surface area contributed by atoms with Crippen LogP contribution in [0.4, 0.5) is 0 Å². The molecule has 0 fully saturated rings. The Labute approximate surface area is 311 Å². The normalized spacial score (nSPS) is 12.7. The molecule has 0 spiro atoms. The fourth-order valence-corrected chi connectivity index (χ4v) is 6.34. The molecule has 0 aromatic carbocycles. The van der Waals surface area contributed by atoms with E-state index in [1.54, 1.807) is 0 Å². The van der Waals surface area contributed by atoms with Gasteiger partial charge in [0.25, 0.3) is 0 Å². The average molecular weight is 699 g/mol. The third kappa shape index (κ3) is 40.3. The van der Waals surface area contributed by atoms with E-state index in [1.807, 2.05) is 0 Å². The lowest BCUT2D eigenvalue weighted by Gasteiger charge is -2.18. The number of hydrogen-bond donors (Lipinski definition) is 1. The van der Waals surface area contributed by atoms with Crippen molar-refractivity contribution in [3.63, 3.8) is 0 Å². The molecule has 0 radical (unpaired) electrons. The van der Waals surface area contributed by atoms with Crippen LogP contribution in [0.1, 0.15) is 226 Å². The van der Waals surface area contributed by atoms with Crippen LogP contribution in [-0.4, -0.2) is 23.1 Å². The van der Waals surface area contributed by atoms with E-state index in [4.69, 9.17) is 9.84 Å². The molecule has 50 heavy (non-hydrogen) atoms. The Hall–Kier alpha value is -2.10. The van der Waals surface area contributed by atoms with Crippen LogP contribution in [0.15, 0.2) is 48.6 Å². The molecular formula is C46H82O4. The highest BCUT2D eigenvalue weighted by Gasteiger charge is 2.14. The Kier molecular flexibility index (Phi) is 39.6. The topological polar surface area (TPSA) is 63.6 Å². The number of esters is 1. The molecule has 1 N–H and O–H groups in total. The van der Waals surface area contributed by atoms with Crippen molar-refractivity contribution in [1.82, 2.24) is 0 Å². The number of carboxylic acid groups (broad SMARTS) is 1. The first-order valence-electron chi connectivity index (χ1n) is 21.6. The summed E-state index contributed by atoms with van der Waals surface area (Å²) in [5, 5.41) is 8.72. The van der Waals surface area contributed by atoms with Gasteiger partial charge in [-0.25, -0.2) is 0 Å². The molecule has 0 aromatic heterocycles. The molecule has 4 nitrogen and oxygen atoms in total. The summed E-state index contributed by atoms with van der Waals surface area (Å²) in [7, 11) is 0. The van der Waals surface area contributed by atoms with Crippen LogP contribution in [0, 0.1) is 0 Å². The maximum atomic E-state index is 12.7. The Bertz CT molecular complexity index is 839. The summed E-state index contributed by atoms with van der Waals surface area (Å²) >= 11 is 0. The molecule has 4 heteroatoms. The van der Waals surface area contributed by atoms with E-state index >= 15 is 0 Å². The molecule has 0 aliphatic heterocycles. The van der Waals surface area contributed by atoms with Crippen molar-refractivity contribution in [1.29, 1.82) is 0 Å². The molecule has 0 saturated heterocycles. The molecule has 290 valence electrons. The summed E-state index contributed by atoms with van der Waals surface area (Å²) in [5.74, 6) is -0.657. The molecule has 1 unspecified atom stereocenters. The maximum absolute atomic E-state index is 12.7. The van der Waals surface area contributed by atoms with Gasteiger partial charge in [0.05, 0.1) is 0 Å². The predicted molar refractivity (Wildman–Crippen MR) is 218 cm³/mol. The van der Waals surface area contributed by atoms with Gasteiger partial charge < -0.3 is 9.84 Å². The van der Waals surface area contributed by atoms with Crippen molar-refractivity contribution in [2.24, 2.45) is 0 Å². The van der Waals surface area contributed by atoms with Crippen molar-refractivity contribution in [2.75, 3.05) is 0 Å². The second kappa shape index (κ2) is 41.3. The summed E-state index contributed by atoms with van der Waals surface area (Å²) in [6, 6.07) is 0. The first-order valence-corrected chi connectivity index (χ1v) is 21.6. The Balaban J connectivity index is 3.95. The van der Waals surface area contributed by atoms with Gasteiger partial charge in [-0.2, -0.15) is 0 Å². The molecule has 0 amide bonds. The van der Waals surface area contributed by atoms with Gasteiger partial charge >= 0.3 is 11.9 Å². The number of allylic oxidation sites excluding steroid dienone is 8. The Morgan fingerprint density at radius 2 is 0.780 bits per heavy atom. The SMILES string of the molecule is CCCCC/C=C\C/C=C\C/C=C\C/C=C\CCCCCCCC(=O)OC(CCCCCCCC)CCCCCCCCCCCCC(=O)O. The van der Waals surface area contributed by atoms with Crippen LogP contribution in [-0.2, 0) is 14.3 Å². The number of rotatable bonds is 39. The van der Waals surface area contributed by atoms with Crippen LogP contribution in [0.25, 0.3) is 0 Å². The lowest BCUT2D eigenvalue weighted by Crippen LogP contribution is -2.18. The van der Waals surface area contributed by atoms with Gasteiger partial charge in [0.2, 0.25) is 0 Å². The quantitative estimate of drug-likeness (QED) is 0.0394. The third-order valence-corrected chi connectivity index (χ3v) is 9.55. The second-order valence-corrected chi connectivity index (χ2v) is 14.5. The van der Waals surface area contributed by atoms with Crippen LogP contribution in [0.3, 0.4) is 0 Å². The minimum absolute atomic E-state index is 0.0189. The zero-order valence-electron chi connectivity index (χ0n) is 33.2. The van der Waals surface area contributed by atoms with Crippen LogP contribution >= 0.6 is 0 Å². The third-order valence-electron chi connectivity index (χ3n) is 9.55. The molecule has 1 atom stereocenters. The number of ether oxygens (including phenoxy) is 1. The lowest BCUT2D eigenvalue weighted by atomic mass is 10.0. The lowest BCUT2D eigenvalue weighted by molar-refractivity contribution is -0.150. The second-order valence-electron chi connectivity index (χ2n) is 14.5.